The molecule has 4 nitrogen and oxygen atoms in total. The number of hydrogen-bond acceptors (Lipinski definition) is 3. The number of β-lactam (4-membered cyclic amide) rings is 1. The summed E-state index contributed by atoms with van der Waals surface area (Å²) < 4.78 is 0. The predicted molar refractivity (Wildman–Crippen MR) is 71.4 cm³/mol. The summed E-state index contributed by atoms with van der Waals surface area (Å²) in [5.41, 5.74) is 0.556. The van der Waals surface area contributed by atoms with Crippen molar-refractivity contribution in [2.75, 3.05) is 0 Å². The normalized spacial score (nSPS) is 24.4. The Balaban J connectivity index is 2.29. The molecule has 1 N–H and O–H groups in total. The number of allylic oxidation sites excluding steroid dienone is 1. The van der Waals surface area contributed by atoms with Crippen LogP contribution in [0.4, 0.5) is 0 Å². The lowest BCUT2D eigenvalue weighted by molar-refractivity contribution is -0.154. The highest BCUT2D eigenvalue weighted by molar-refractivity contribution is 6.08. The van der Waals surface area contributed by atoms with Gasteiger partial charge in [0.25, 0.3) is 0 Å². The molecule has 1 heterocycles. The number of amides is 1. The minimum Gasteiger partial charge on any atom is -0.392 e. The van der Waals surface area contributed by atoms with Crippen LogP contribution in [0.1, 0.15) is 24.2 Å². The molecule has 1 aliphatic heterocycles. The van der Waals surface area contributed by atoms with Crippen LogP contribution in [-0.2, 0) is 4.79 Å². The summed E-state index contributed by atoms with van der Waals surface area (Å²) in [4.78, 5) is 25.7. The molecule has 19 heavy (non-hydrogen) atoms. The Kier molecular flexibility index (Phi) is 3.81. The van der Waals surface area contributed by atoms with Crippen molar-refractivity contribution >= 4 is 11.7 Å². The van der Waals surface area contributed by atoms with Gasteiger partial charge in [0.05, 0.1) is 12.0 Å². The first-order valence-corrected chi connectivity index (χ1v) is 6.30. The van der Waals surface area contributed by atoms with E-state index in [1.165, 1.54) is 4.90 Å². The third kappa shape index (κ3) is 2.31. The molecule has 0 spiro atoms. The minimum atomic E-state index is -0.827. The van der Waals surface area contributed by atoms with Crippen LogP contribution in [0.5, 0.6) is 0 Å². The van der Waals surface area contributed by atoms with Gasteiger partial charge < -0.3 is 10.0 Å². The van der Waals surface area contributed by atoms with Crippen LogP contribution in [-0.4, -0.2) is 33.8 Å². The summed E-state index contributed by atoms with van der Waals surface area (Å²) in [7, 11) is 0. The first-order valence-electron chi connectivity index (χ1n) is 6.30. The maximum absolute atomic E-state index is 12.4. The van der Waals surface area contributed by atoms with Crippen molar-refractivity contribution in [2.45, 2.75) is 26.0 Å². The van der Waals surface area contributed by atoms with Crippen LogP contribution in [0.3, 0.4) is 0 Å². The van der Waals surface area contributed by atoms with Gasteiger partial charge in [-0.2, -0.15) is 0 Å². The molecule has 0 aromatic heterocycles. The van der Waals surface area contributed by atoms with E-state index in [0.29, 0.717) is 5.56 Å². The molecule has 0 saturated carbocycles. The molecule has 1 aromatic carbocycles. The molecule has 0 bridgehead atoms. The van der Waals surface area contributed by atoms with E-state index in [1.807, 2.05) is 6.07 Å². The van der Waals surface area contributed by atoms with Gasteiger partial charge in [-0.05, 0) is 13.8 Å². The van der Waals surface area contributed by atoms with Gasteiger partial charge in [-0.1, -0.05) is 36.4 Å². The van der Waals surface area contributed by atoms with E-state index >= 15 is 0 Å². The van der Waals surface area contributed by atoms with E-state index in [2.05, 4.69) is 0 Å². The van der Waals surface area contributed by atoms with Crippen molar-refractivity contribution < 1.29 is 14.7 Å². The molecule has 0 radical (unpaired) electrons. The third-order valence-corrected chi connectivity index (χ3v) is 3.34. The number of likely N-dealkylation sites (tertiary alicyclic amines) is 1. The number of Topliss-reactive ketones (excluding diaryl/α,β-unsaturated/α-hetero) is 1. The molecule has 3 atom stereocenters. The van der Waals surface area contributed by atoms with Crippen molar-refractivity contribution in [3.8, 4) is 0 Å². The highest BCUT2D eigenvalue weighted by Gasteiger charge is 2.52. The van der Waals surface area contributed by atoms with Crippen LogP contribution in [0.15, 0.2) is 42.6 Å². The number of carbonyl (C=O) groups is 2. The van der Waals surface area contributed by atoms with Crippen molar-refractivity contribution in [2.24, 2.45) is 5.92 Å². The van der Waals surface area contributed by atoms with Gasteiger partial charge in [-0.15, -0.1) is 0 Å². The zero-order chi connectivity index (χ0) is 14.0. The van der Waals surface area contributed by atoms with Gasteiger partial charge in [0.2, 0.25) is 5.91 Å². The maximum atomic E-state index is 12.4. The summed E-state index contributed by atoms with van der Waals surface area (Å²) in [6.45, 7) is 3.33. The number of carbonyl (C=O) groups excluding carboxylic acids is 2. The van der Waals surface area contributed by atoms with Gasteiger partial charge in [-0.25, -0.2) is 0 Å². The zero-order valence-corrected chi connectivity index (χ0v) is 11.0. The SMILES string of the molecule is CC=CN1C(=O)[C@H](C(C)O)[C@H]1C(=O)c1ccccc1. The topological polar surface area (TPSA) is 57.6 Å². The molecule has 1 unspecified atom stereocenters. The van der Waals surface area contributed by atoms with Crippen molar-refractivity contribution in [3.63, 3.8) is 0 Å². The van der Waals surface area contributed by atoms with Crippen molar-refractivity contribution in [3.05, 3.63) is 48.2 Å². The van der Waals surface area contributed by atoms with Crippen LogP contribution >= 0.6 is 0 Å². The lowest BCUT2D eigenvalue weighted by Crippen LogP contribution is -2.65. The standard InChI is InChI=1S/C15H17NO3/c1-3-9-16-13(12(10(2)17)15(16)19)14(18)11-7-5-4-6-8-11/h3-10,12-13,17H,1-2H3/t10?,12-,13+/m1/s1. The zero-order valence-electron chi connectivity index (χ0n) is 11.0. The monoisotopic (exact) mass is 259 g/mol. The lowest BCUT2D eigenvalue weighted by atomic mass is 9.79. The smallest absolute Gasteiger partial charge is 0.235 e. The van der Waals surface area contributed by atoms with Crippen molar-refractivity contribution in [1.29, 1.82) is 0 Å². The Morgan fingerprint density at radius 3 is 2.53 bits per heavy atom. The molecule has 2 rings (SSSR count). The quantitative estimate of drug-likeness (QED) is 0.660. The number of ketones is 1. The molecule has 1 aromatic rings. The maximum Gasteiger partial charge on any atom is 0.235 e. The Hall–Kier alpha value is -1.94. The van der Waals surface area contributed by atoms with E-state index in [9.17, 15) is 14.7 Å². The van der Waals surface area contributed by atoms with Crippen molar-refractivity contribution in [1.82, 2.24) is 4.90 Å². The fourth-order valence-corrected chi connectivity index (χ4v) is 2.39. The van der Waals surface area contributed by atoms with E-state index in [0.717, 1.165) is 0 Å². The minimum absolute atomic E-state index is 0.135. The summed E-state index contributed by atoms with van der Waals surface area (Å²) in [6, 6.07) is 8.23. The van der Waals surface area contributed by atoms with Crippen LogP contribution in [0.25, 0.3) is 0 Å². The average molecular weight is 259 g/mol. The van der Waals surface area contributed by atoms with Gasteiger partial charge in [0, 0.05) is 11.8 Å². The second-order valence-corrected chi connectivity index (χ2v) is 4.67. The molecule has 1 saturated heterocycles. The van der Waals surface area contributed by atoms with E-state index < -0.39 is 18.1 Å². The van der Waals surface area contributed by atoms with E-state index in [-0.39, 0.29) is 11.7 Å². The van der Waals surface area contributed by atoms with Gasteiger partial charge >= 0.3 is 0 Å². The van der Waals surface area contributed by atoms with Crippen LogP contribution in [0, 0.1) is 5.92 Å². The predicted octanol–water partition coefficient (Wildman–Crippen LogP) is 1.61. The Bertz CT molecular complexity index is 507. The summed E-state index contributed by atoms with van der Waals surface area (Å²) >= 11 is 0. The van der Waals surface area contributed by atoms with Gasteiger partial charge in [0.15, 0.2) is 5.78 Å². The fourth-order valence-electron chi connectivity index (χ4n) is 2.39. The van der Waals surface area contributed by atoms with E-state index in [4.69, 9.17) is 0 Å². The first kappa shape index (κ1) is 13.5. The summed E-state index contributed by atoms with van der Waals surface area (Å²) in [5.74, 6) is -0.990. The fraction of sp³-hybridized carbons (Fsp3) is 0.333. The van der Waals surface area contributed by atoms with Gasteiger partial charge in [0.1, 0.15) is 6.04 Å². The number of nitrogens with zero attached hydrogens (tertiary/aromatic N) is 1. The number of benzene rings is 1. The van der Waals surface area contributed by atoms with Gasteiger partial charge in [-0.3, -0.25) is 9.59 Å². The number of aliphatic hydroxyl groups excluding tert-OH is 1. The molecule has 100 valence electrons. The molecular weight excluding hydrogens is 242 g/mol. The average Bonchev–Trinajstić information content (AvgIpc) is 2.41. The number of rotatable bonds is 4. The second kappa shape index (κ2) is 5.36. The summed E-state index contributed by atoms with van der Waals surface area (Å²) in [5, 5.41) is 9.67. The lowest BCUT2D eigenvalue weighted by Gasteiger charge is -2.45. The molecule has 1 fully saturated rings. The first-order chi connectivity index (χ1) is 9.07. The Labute approximate surface area is 112 Å². The second-order valence-electron chi connectivity index (χ2n) is 4.67. The molecule has 0 aliphatic carbocycles. The highest BCUT2D eigenvalue weighted by atomic mass is 16.3. The molecule has 4 heteroatoms. The molecular formula is C15H17NO3. The van der Waals surface area contributed by atoms with Crippen LogP contribution < -0.4 is 0 Å². The largest absolute Gasteiger partial charge is 0.392 e. The third-order valence-electron chi connectivity index (χ3n) is 3.34. The number of hydrogen-bond donors (Lipinski definition) is 1. The molecule has 1 aliphatic rings. The summed E-state index contributed by atoms with van der Waals surface area (Å²) in [6.07, 6.45) is 2.47. The highest BCUT2D eigenvalue weighted by Crippen LogP contribution is 2.32. The van der Waals surface area contributed by atoms with E-state index in [1.54, 1.807) is 50.4 Å². The molecule has 1 amide bonds. The van der Waals surface area contributed by atoms with Crippen LogP contribution in [0.2, 0.25) is 0 Å². The number of aliphatic hydroxyl groups is 1. The Morgan fingerprint density at radius 2 is 2.00 bits per heavy atom. The Morgan fingerprint density at radius 1 is 1.37 bits per heavy atom.